The van der Waals surface area contributed by atoms with Gasteiger partial charge < -0.3 is 10.5 Å². The third kappa shape index (κ3) is 3.13. The number of nitrogens with zero attached hydrogens (tertiary/aromatic N) is 2. The average molecular weight is 386 g/mol. The number of rotatable bonds is 5. The van der Waals surface area contributed by atoms with E-state index in [2.05, 4.69) is 10.2 Å². The number of hydrogen-bond donors (Lipinski definition) is 2. The number of imide groups is 1. The largest absolute Gasteiger partial charge is 0.489 e. The molecular formula is C19H19FN4O4. The van der Waals surface area contributed by atoms with Crippen LogP contribution in [0.5, 0.6) is 5.75 Å². The van der Waals surface area contributed by atoms with Gasteiger partial charge in [0.1, 0.15) is 12.4 Å². The quantitative estimate of drug-likeness (QED) is 0.740. The highest BCUT2D eigenvalue weighted by Crippen LogP contribution is 2.25. The van der Waals surface area contributed by atoms with Gasteiger partial charge in [0.25, 0.3) is 17.4 Å². The van der Waals surface area contributed by atoms with Crippen molar-refractivity contribution >= 4 is 17.6 Å². The van der Waals surface area contributed by atoms with Crippen molar-refractivity contribution in [3.05, 3.63) is 51.6 Å². The van der Waals surface area contributed by atoms with Crippen LogP contribution in [-0.2, 0) is 0 Å². The van der Waals surface area contributed by atoms with Gasteiger partial charge >= 0.3 is 0 Å². The van der Waals surface area contributed by atoms with E-state index >= 15 is 0 Å². The maximum absolute atomic E-state index is 14.5. The van der Waals surface area contributed by atoms with Gasteiger partial charge in [0.2, 0.25) is 0 Å². The highest BCUT2D eigenvalue weighted by Gasteiger charge is 2.31. The number of fused-ring (bicyclic) bond motifs is 1. The molecule has 2 amide bonds. The smallest absolute Gasteiger partial charge is 0.262 e. The minimum absolute atomic E-state index is 0.0728. The monoisotopic (exact) mass is 386 g/mol. The first-order chi connectivity index (χ1) is 13.5. The third-order valence-corrected chi connectivity index (χ3v) is 4.99. The lowest BCUT2D eigenvalue weighted by molar-refractivity contribution is 0.0880. The number of ether oxygens (including phenoxy) is 1. The number of aromatic nitrogens is 1. The summed E-state index contributed by atoms with van der Waals surface area (Å²) in [5, 5.41) is 2.09. The predicted octanol–water partition coefficient (Wildman–Crippen LogP) is 0.917. The zero-order chi connectivity index (χ0) is 19.8. The van der Waals surface area contributed by atoms with Crippen molar-refractivity contribution in [3.8, 4) is 11.4 Å². The van der Waals surface area contributed by atoms with Crippen LogP contribution in [0, 0.1) is 5.82 Å². The third-order valence-electron chi connectivity index (χ3n) is 4.99. The second-order valence-corrected chi connectivity index (χ2v) is 6.79. The molecule has 0 atom stereocenters. The Morgan fingerprint density at radius 3 is 2.57 bits per heavy atom. The molecule has 2 aliphatic heterocycles. The van der Waals surface area contributed by atoms with Gasteiger partial charge in [0, 0.05) is 18.7 Å². The number of nitrogen functional groups attached to an aromatic ring is 1. The van der Waals surface area contributed by atoms with Gasteiger partial charge in [-0.3, -0.25) is 29.2 Å². The van der Waals surface area contributed by atoms with Crippen LogP contribution in [0.15, 0.2) is 29.1 Å². The van der Waals surface area contributed by atoms with Gasteiger partial charge in [-0.25, -0.2) is 4.39 Å². The van der Waals surface area contributed by atoms with Crippen molar-refractivity contribution in [1.29, 1.82) is 0 Å². The summed E-state index contributed by atoms with van der Waals surface area (Å²) in [6.07, 6.45) is 2.34. The molecule has 1 aromatic heterocycles. The van der Waals surface area contributed by atoms with Gasteiger partial charge in [-0.1, -0.05) is 0 Å². The van der Waals surface area contributed by atoms with Crippen LogP contribution in [0.3, 0.4) is 0 Å². The zero-order valence-corrected chi connectivity index (χ0v) is 15.0. The number of pyridine rings is 1. The summed E-state index contributed by atoms with van der Waals surface area (Å²) in [5.74, 6) is -2.15. The van der Waals surface area contributed by atoms with Gasteiger partial charge in [-0.05, 0) is 38.1 Å². The Hall–Kier alpha value is -3.20. The summed E-state index contributed by atoms with van der Waals surface area (Å²) in [6.45, 7) is 3.14. The number of amides is 2. The Morgan fingerprint density at radius 1 is 1.11 bits per heavy atom. The minimum Gasteiger partial charge on any atom is -0.489 e. The number of halogens is 1. The Morgan fingerprint density at radius 2 is 1.86 bits per heavy atom. The lowest BCUT2D eigenvalue weighted by Gasteiger charge is -2.16. The molecule has 2 aliphatic rings. The first-order valence-electron chi connectivity index (χ1n) is 9.02. The van der Waals surface area contributed by atoms with Crippen LogP contribution in [0.25, 0.3) is 5.69 Å². The van der Waals surface area contributed by atoms with Gasteiger partial charge in [0.15, 0.2) is 11.6 Å². The summed E-state index contributed by atoms with van der Waals surface area (Å²) in [4.78, 5) is 38.3. The van der Waals surface area contributed by atoms with E-state index in [-0.39, 0.29) is 28.4 Å². The fourth-order valence-corrected chi connectivity index (χ4v) is 3.58. The van der Waals surface area contributed by atoms with E-state index in [4.69, 9.17) is 10.5 Å². The van der Waals surface area contributed by atoms with E-state index in [0.717, 1.165) is 36.3 Å². The van der Waals surface area contributed by atoms with Gasteiger partial charge in [-0.2, -0.15) is 0 Å². The molecule has 0 radical (unpaired) electrons. The first kappa shape index (κ1) is 18.2. The maximum atomic E-state index is 14.5. The number of hydrogen-bond acceptors (Lipinski definition) is 6. The molecule has 4 rings (SSSR count). The van der Waals surface area contributed by atoms with Crippen molar-refractivity contribution in [1.82, 2.24) is 14.8 Å². The van der Waals surface area contributed by atoms with Crippen molar-refractivity contribution in [3.63, 3.8) is 0 Å². The summed E-state index contributed by atoms with van der Waals surface area (Å²) < 4.78 is 21.0. The SMILES string of the molecule is Nc1c2c(cc(=O)n1-c1ccc(OCCN3CCCC3)c(F)c1)C(=O)NC2=O. The van der Waals surface area contributed by atoms with Crippen molar-refractivity contribution in [2.75, 3.05) is 32.0 Å². The Bertz CT molecular complexity index is 1030. The zero-order valence-electron chi connectivity index (χ0n) is 15.0. The molecule has 146 valence electrons. The lowest BCUT2D eigenvalue weighted by Crippen LogP contribution is -2.25. The molecule has 0 bridgehead atoms. The van der Waals surface area contributed by atoms with Gasteiger partial charge in [0.05, 0.1) is 16.8 Å². The van der Waals surface area contributed by atoms with Crippen molar-refractivity contribution in [2.24, 2.45) is 0 Å². The Balaban J connectivity index is 1.59. The van der Waals surface area contributed by atoms with E-state index in [9.17, 15) is 18.8 Å². The molecule has 0 saturated carbocycles. The van der Waals surface area contributed by atoms with E-state index in [1.54, 1.807) is 0 Å². The normalized spacial score (nSPS) is 16.3. The summed E-state index contributed by atoms with van der Waals surface area (Å²) in [5.41, 5.74) is 5.29. The number of nitrogens with two attached hydrogens (primary N) is 1. The molecule has 8 nitrogen and oxygen atoms in total. The number of likely N-dealkylation sites (tertiary alicyclic amines) is 1. The molecule has 0 unspecified atom stereocenters. The van der Waals surface area contributed by atoms with Crippen LogP contribution >= 0.6 is 0 Å². The molecule has 0 spiro atoms. The fraction of sp³-hybridized carbons (Fsp3) is 0.316. The number of nitrogens with one attached hydrogen (secondary N) is 1. The highest BCUT2D eigenvalue weighted by molar-refractivity contribution is 6.23. The highest BCUT2D eigenvalue weighted by atomic mass is 19.1. The number of benzene rings is 1. The van der Waals surface area contributed by atoms with Crippen molar-refractivity contribution in [2.45, 2.75) is 12.8 Å². The second kappa shape index (κ2) is 7.08. The van der Waals surface area contributed by atoms with Crippen LogP contribution in [0.1, 0.15) is 33.6 Å². The van der Waals surface area contributed by atoms with E-state index < -0.39 is 23.2 Å². The van der Waals surface area contributed by atoms with E-state index in [0.29, 0.717) is 6.61 Å². The molecule has 3 heterocycles. The van der Waals surface area contributed by atoms with E-state index in [1.807, 2.05) is 0 Å². The minimum atomic E-state index is -0.686. The molecular weight excluding hydrogens is 367 g/mol. The lowest BCUT2D eigenvalue weighted by atomic mass is 10.1. The Labute approximate surface area is 159 Å². The number of carbonyl (C=O) groups excluding carboxylic acids is 2. The standard InChI is InChI=1S/C19H19FN4O4/c20-13-9-11(3-4-14(13)28-8-7-23-5-1-2-6-23)24-15(25)10-12-16(17(24)21)19(27)22-18(12)26/h3-4,9-10H,1-2,5-8,21H2,(H,22,26,27). The molecule has 1 saturated heterocycles. The molecule has 3 N–H and O–H groups in total. The molecule has 2 aromatic rings. The van der Waals surface area contributed by atoms with Crippen molar-refractivity contribution < 1.29 is 18.7 Å². The van der Waals surface area contributed by atoms with Crippen LogP contribution in [0.2, 0.25) is 0 Å². The molecule has 0 aliphatic carbocycles. The second-order valence-electron chi connectivity index (χ2n) is 6.79. The number of carbonyl (C=O) groups is 2. The van der Waals surface area contributed by atoms with Crippen LogP contribution < -0.4 is 21.3 Å². The predicted molar refractivity (Wildman–Crippen MR) is 99.4 cm³/mol. The molecule has 9 heteroatoms. The maximum Gasteiger partial charge on any atom is 0.262 e. The molecule has 1 aromatic carbocycles. The average Bonchev–Trinajstić information content (AvgIpc) is 3.25. The number of anilines is 1. The topological polar surface area (TPSA) is 107 Å². The molecule has 1 fully saturated rings. The van der Waals surface area contributed by atoms with Crippen LogP contribution in [-0.4, -0.2) is 47.5 Å². The fourth-order valence-electron chi connectivity index (χ4n) is 3.58. The summed E-state index contributed by atoms with van der Waals surface area (Å²) in [7, 11) is 0. The van der Waals surface area contributed by atoms with Gasteiger partial charge in [-0.15, -0.1) is 0 Å². The summed E-state index contributed by atoms with van der Waals surface area (Å²) in [6, 6.07) is 5.03. The Kier molecular flexibility index (Phi) is 4.60. The first-order valence-corrected chi connectivity index (χ1v) is 9.02. The summed E-state index contributed by atoms with van der Waals surface area (Å²) >= 11 is 0. The van der Waals surface area contributed by atoms with Crippen LogP contribution in [0.4, 0.5) is 10.2 Å². The van der Waals surface area contributed by atoms with E-state index in [1.165, 1.54) is 25.0 Å². The molecule has 28 heavy (non-hydrogen) atoms.